The Morgan fingerprint density at radius 3 is 2.88 bits per heavy atom. The number of carbonyl (C=O) groups excluding carboxylic acids is 1. The Bertz CT molecular complexity index is 911. The summed E-state index contributed by atoms with van der Waals surface area (Å²) >= 11 is 7.29. The van der Waals surface area contributed by atoms with E-state index in [0.29, 0.717) is 33.2 Å². The standard InChI is InChI=1S/C17H17ClN4O3S/c1-10(16(23)19-12-9-11(18)6-7-13(12)24-3)26-17-21-20-15(22(17)2)14-5-4-8-25-14/h4-10H,1-3H3,(H,19,23)/t10-/m1/s1. The van der Waals surface area contributed by atoms with Gasteiger partial charge in [0.25, 0.3) is 0 Å². The summed E-state index contributed by atoms with van der Waals surface area (Å²) in [5, 5.41) is 11.8. The smallest absolute Gasteiger partial charge is 0.237 e. The lowest BCUT2D eigenvalue weighted by Gasteiger charge is -2.14. The van der Waals surface area contributed by atoms with Crippen molar-refractivity contribution in [3.8, 4) is 17.3 Å². The fourth-order valence-electron chi connectivity index (χ4n) is 2.26. The molecule has 0 fully saturated rings. The van der Waals surface area contributed by atoms with E-state index in [2.05, 4.69) is 15.5 Å². The minimum atomic E-state index is -0.411. The number of rotatable bonds is 6. The Morgan fingerprint density at radius 2 is 2.19 bits per heavy atom. The van der Waals surface area contributed by atoms with Crippen LogP contribution in [0.4, 0.5) is 5.69 Å². The molecular formula is C17H17ClN4O3S. The highest BCUT2D eigenvalue weighted by Gasteiger charge is 2.21. The topological polar surface area (TPSA) is 82.2 Å². The third kappa shape index (κ3) is 3.86. The molecule has 136 valence electrons. The first-order valence-corrected chi connectivity index (χ1v) is 8.99. The lowest BCUT2D eigenvalue weighted by atomic mass is 10.3. The molecule has 0 aliphatic rings. The number of thioether (sulfide) groups is 1. The summed E-state index contributed by atoms with van der Waals surface area (Å²) in [5.74, 6) is 1.56. The fourth-order valence-corrected chi connectivity index (χ4v) is 3.25. The summed E-state index contributed by atoms with van der Waals surface area (Å²) in [4.78, 5) is 12.5. The molecule has 3 aromatic rings. The van der Waals surface area contributed by atoms with Gasteiger partial charge < -0.3 is 19.0 Å². The number of furan rings is 1. The van der Waals surface area contributed by atoms with Crippen molar-refractivity contribution in [3.63, 3.8) is 0 Å². The molecule has 0 saturated heterocycles. The van der Waals surface area contributed by atoms with Gasteiger partial charge in [0.1, 0.15) is 5.75 Å². The molecule has 26 heavy (non-hydrogen) atoms. The number of nitrogens with one attached hydrogen (secondary N) is 1. The molecule has 0 spiro atoms. The van der Waals surface area contributed by atoms with Gasteiger partial charge in [-0.2, -0.15) is 0 Å². The van der Waals surface area contributed by atoms with Gasteiger partial charge in [-0.15, -0.1) is 10.2 Å². The van der Waals surface area contributed by atoms with Gasteiger partial charge in [0.15, 0.2) is 16.7 Å². The predicted molar refractivity (Wildman–Crippen MR) is 101 cm³/mol. The molecule has 9 heteroatoms. The lowest BCUT2D eigenvalue weighted by molar-refractivity contribution is -0.115. The van der Waals surface area contributed by atoms with Crippen LogP contribution < -0.4 is 10.1 Å². The number of halogens is 1. The van der Waals surface area contributed by atoms with E-state index in [1.807, 2.05) is 7.05 Å². The van der Waals surface area contributed by atoms with Crippen molar-refractivity contribution in [2.45, 2.75) is 17.3 Å². The number of benzene rings is 1. The second-order valence-electron chi connectivity index (χ2n) is 5.44. The minimum Gasteiger partial charge on any atom is -0.495 e. The highest BCUT2D eigenvalue weighted by molar-refractivity contribution is 8.00. The molecule has 2 heterocycles. The quantitative estimate of drug-likeness (QED) is 0.641. The Balaban J connectivity index is 1.71. The van der Waals surface area contributed by atoms with E-state index in [1.54, 1.807) is 48.1 Å². The fraction of sp³-hybridized carbons (Fsp3) is 0.235. The number of carbonyl (C=O) groups is 1. The Morgan fingerprint density at radius 1 is 1.38 bits per heavy atom. The zero-order valence-corrected chi connectivity index (χ0v) is 16.0. The van der Waals surface area contributed by atoms with Gasteiger partial charge in [0, 0.05) is 12.1 Å². The number of methoxy groups -OCH3 is 1. The maximum atomic E-state index is 12.5. The average molecular weight is 393 g/mol. The van der Waals surface area contributed by atoms with Gasteiger partial charge in [-0.1, -0.05) is 23.4 Å². The predicted octanol–water partition coefficient (Wildman–Crippen LogP) is 3.86. The summed E-state index contributed by atoms with van der Waals surface area (Å²) < 4.78 is 12.4. The third-order valence-electron chi connectivity index (χ3n) is 3.65. The maximum Gasteiger partial charge on any atom is 0.237 e. The summed E-state index contributed by atoms with van der Waals surface area (Å²) in [6, 6.07) is 8.64. The third-order valence-corrected chi connectivity index (χ3v) is 5.02. The van der Waals surface area contributed by atoms with E-state index in [0.717, 1.165) is 0 Å². The molecule has 0 aliphatic carbocycles. The lowest BCUT2D eigenvalue weighted by Crippen LogP contribution is -2.23. The molecule has 0 aliphatic heterocycles. The molecule has 2 aromatic heterocycles. The van der Waals surface area contributed by atoms with Crippen LogP contribution >= 0.6 is 23.4 Å². The number of aromatic nitrogens is 3. The number of hydrogen-bond donors (Lipinski definition) is 1. The van der Waals surface area contributed by atoms with Gasteiger partial charge >= 0.3 is 0 Å². The van der Waals surface area contributed by atoms with Crippen LogP contribution in [0.2, 0.25) is 5.02 Å². The van der Waals surface area contributed by atoms with Crippen LogP contribution in [-0.4, -0.2) is 33.0 Å². The number of amides is 1. The van der Waals surface area contributed by atoms with E-state index in [4.69, 9.17) is 20.8 Å². The largest absolute Gasteiger partial charge is 0.495 e. The van der Waals surface area contributed by atoms with Gasteiger partial charge in [0.05, 0.1) is 24.3 Å². The first kappa shape index (κ1) is 18.3. The van der Waals surface area contributed by atoms with E-state index < -0.39 is 5.25 Å². The van der Waals surface area contributed by atoms with E-state index >= 15 is 0 Å². The van der Waals surface area contributed by atoms with E-state index in [9.17, 15) is 4.79 Å². The second-order valence-corrected chi connectivity index (χ2v) is 7.18. The number of anilines is 1. The first-order chi connectivity index (χ1) is 12.5. The SMILES string of the molecule is COc1ccc(Cl)cc1NC(=O)[C@@H](C)Sc1nnc(-c2ccco2)n1C. The molecule has 1 N–H and O–H groups in total. The van der Waals surface area contributed by atoms with Gasteiger partial charge in [-0.3, -0.25) is 4.79 Å². The zero-order valence-electron chi connectivity index (χ0n) is 14.4. The summed E-state index contributed by atoms with van der Waals surface area (Å²) in [6.07, 6.45) is 1.57. The maximum absolute atomic E-state index is 12.5. The summed E-state index contributed by atoms with van der Waals surface area (Å²) in [5.41, 5.74) is 0.520. The van der Waals surface area contributed by atoms with Crippen LogP contribution in [0.25, 0.3) is 11.6 Å². The molecule has 1 amide bonds. The van der Waals surface area contributed by atoms with Crippen LogP contribution in [0.5, 0.6) is 5.75 Å². The Hall–Kier alpha value is -2.45. The van der Waals surface area contributed by atoms with Crippen molar-refractivity contribution in [3.05, 3.63) is 41.6 Å². The van der Waals surface area contributed by atoms with Crippen LogP contribution in [0.1, 0.15) is 6.92 Å². The molecule has 0 bridgehead atoms. The average Bonchev–Trinajstić information content (AvgIpc) is 3.25. The van der Waals surface area contributed by atoms with Crippen molar-refractivity contribution in [1.29, 1.82) is 0 Å². The number of nitrogens with zero attached hydrogens (tertiary/aromatic N) is 3. The monoisotopic (exact) mass is 392 g/mol. The summed E-state index contributed by atoms with van der Waals surface area (Å²) in [6.45, 7) is 1.79. The van der Waals surface area contributed by atoms with Gasteiger partial charge in [-0.25, -0.2) is 0 Å². The van der Waals surface area contributed by atoms with Crippen molar-refractivity contribution in [2.24, 2.45) is 7.05 Å². The number of ether oxygens (including phenoxy) is 1. The van der Waals surface area contributed by atoms with E-state index in [1.165, 1.54) is 18.9 Å². The molecule has 7 nitrogen and oxygen atoms in total. The molecule has 0 unspecified atom stereocenters. The second kappa shape index (κ2) is 7.84. The Labute approximate surface area is 159 Å². The Kier molecular flexibility index (Phi) is 5.53. The van der Waals surface area contributed by atoms with E-state index in [-0.39, 0.29) is 5.91 Å². The van der Waals surface area contributed by atoms with Gasteiger partial charge in [0.2, 0.25) is 5.91 Å². The normalized spacial score (nSPS) is 12.0. The van der Waals surface area contributed by atoms with Gasteiger partial charge in [-0.05, 0) is 37.3 Å². The molecule has 0 saturated carbocycles. The van der Waals surface area contributed by atoms with Crippen LogP contribution in [0, 0.1) is 0 Å². The van der Waals surface area contributed by atoms with Crippen molar-refractivity contribution in [2.75, 3.05) is 12.4 Å². The van der Waals surface area contributed by atoms with Crippen molar-refractivity contribution in [1.82, 2.24) is 14.8 Å². The van der Waals surface area contributed by atoms with Crippen LogP contribution in [-0.2, 0) is 11.8 Å². The summed E-state index contributed by atoms with van der Waals surface area (Å²) in [7, 11) is 3.36. The van der Waals surface area contributed by atoms with Crippen molar-refractivity contribution >= 4 is 35.0 Å². The highest BCUT2D eigenvalue weighted by Crippen LogP contribution is 2.30. The zero-order chi connectivity index (χ0) is 18.7. The van der Waals surface area contributed by atoms with Crippen LogP contribution in [0.15, 0.2) is 46.2 Å². The molecule has 3 rings (SSSR count). The van der Waals surface area contributed by atoms with Crippen LogP contribution in [0.3, 0.4) is 0 Å². The minimum absolute atomic E-state index is 0.196. The molecule has 1 atom stereocenters. The van der Waals surface area contributed by atoms with Crippen molar-refractivity contribution < 1.29 is 13.9 Å². The first-order valence-electron chi connectivity index (χ1n) is 7.74. The highest BCUT2D eigenvalue weighted by atomic mass is 35.5. The number of hydrogen-bond acceptors (Lipinski definition) is 6. The molecule has 0 radical (unpaired) electrons. The molecular weight excluding hydrogens is 376 g/mol. The molecule has 1 aromatic carbocycles.